The van der Waals surface area contributed by atoms with E-state index in [0.29, 0.717) is 22.8 Å². The van der Waals surface area contributed by atoms with E-state index < -0.39 is 25.7 Å². The number of benzene rings is 2. The molecule has 4 rings (SSSR count). The van der Waals surface area contributed by atoms with E-state index in [1.807, 2.05) is 0 Å². The van der Waals surface area contributed by atoms with Crippen molar-refractivity contribution in [2.24, 2.45) is 0 Å². The van der Waals surface area contributed by atoms with Crippen LogP contribution < -0.4 is 4.74 Å². The molecule has 0 spiro atoms. The molecule has 0 radical (unpaired) electrons. The topological polar surface area (TPSA) is 87.1 Å². The Morgan fingerprint density at radius 1 is 1.04 bits per heavy atom. The highest BCUT2D eigenvalue weighted by molar-refractivity contribution is 8.25. The highest BCUT2D eigenvalue weighted by Gasteiger charge is 2.42. The first-order chi connectivity index (χ1) is 13.4. The van der Waals surface area contributed by atoms with Gasteiger partial charge in [-0.3, -0.25) is 14.0 Å². The van der Waals surface area contributed by atoms with Gasteiger partial charge in [-0.1, -0.05) is 18.2 Å². The quantitative estimate of drug-likeness (QED) is 0.735. The molecule has 2 aliphatic rings. The van der Waals surface area contributed by atoms with Crippen molar-refractivity contribution in [2.75, 3.05) is 32.0 Å². The van der Waals surface area contributed by atoms with Crippen LogP contribution in [0.1, 0.15) is 23.7 Å². The third-order valence-electron chi connectivity index (χ3n) is 5.40. The number of hydrogen-bond acceptors (Lipinski definition) is 6. The molecule has 1 unspecified atom stereocenters. The first kappa shape index (κ1) is 19.7. The second kappa shape index (κ2) is 7.68. The molecule has 2 aliphatic heterocycles. The van der Waals surface area contributed by atoms with E-state index in [9.17, 15) is 17.5 Å². The molecule has 2 aromatic carbocycles. The van der Waals surface area contributed by atoms with E-state index in [0.717, 1.165) is 19.6 Å². The van der Waals surface area contributed by atoms with Crippen molar-refractivity contribution >= 4 is 20.4 Å². The number of ether oxygens (including phenoxy) is 1. The Balaban J connectivity index is 1.48. The van der Waals surface area contributed by atoms with Gasteiger partial charge in [0.05, 0.1) is 15.5 Å². The van der Waals surface area contributed by atoms with Crippen molar-refractivity contribution in [3.63, 3.8) is 0 Å². The van der Waals surface area contributed by atoms with Gasteiger partial charge in [-0.05, 0) is 61.8 Å². The Bertz CT molecular complexity index is 937. The Morgan fingerprint density at radius 2 is 1.71 bits per heavy atom. The summed E-state index contributed by atoms with van der Waals surface area (Å²) in [4.78, 5) is 2.86. The van der Waals surface area contributed by atoms with Crippen LogP contribution in [0.4, 0.5) is 0 Å². The minimum absolute atomic E-state index is 0.163. The Hall–Kier alpha value is -1.58. The molecule has 152 valence electrons. The molecule has 0 amide bonds. The number of fused-ring (bicyclic) bond motifs is 1. The van der Waals surface area contributed by atoms with Crippen LogP contribution in [0.5, 0.6) is 5.75 Å². The molecule has 6 nitrogen and oxygen atoms in total. The van der Waals surface area contributed by atoms with Crippen molar-refractivity contribution in [2.45, 2.75) is 27.9 Å². The lowest BCUT2D eigenvalue weighted by Gasteiger charge is -2.27. The molecular weight excluding hydrogens is 398 g/mol. The molecule has 28 heavy (non-hydrogen) atoms. The van der Waals surface area contributed by atoms with Gasteiger partial charge < -0.3 is 4.74 Å². The van der Waals surface area contributed by atoms with E-state index in [1.165, 1.54) is 25.0 Å². The predicted octanol–water partition coefficient (Wildman–Crippen LogP) is 3.80. The lowest BCUT2D eigenvalue weighted by atomic mass is 10.2. The summed E-state index contributed by atoms with van der Waals surface area (Å²) in [6.07, 6.45) is 2.48. The van der Waals surface area contributed by atoms with Crippen LogP contribution in [0.3, 0.4) is 0 Å². The van der Waals surface area contributed by atoms with Crippen molar-refractivity contribution in [3.8, 4) is 5.75 Å². The van der Waals surface area contributed by atoms with Crippen molar-refractivity contribution in [3.05, 3.63) is 54.1 Å². The number of likely N-dealkylation sites (tertiary alicyclic amines) is 1. The third-order valence-corrected chi connectivity index (χ3v) is 9.59. The Labute approximate surface area is 167 Å². The maximum Gasteiger partial charge on any atom is 0.187 e. The summed E-state index contributed by atoms with van der Waals surface area (Å²) < 4.78 is 52.6. The van der Waals surface area contributed by atoms with Gasteiger partial charge in [0.1, 0.15) is 17.6 Å². The first-order valence-corrected chi connectivity index (χ1v) is 12.7. The molecule has 2 heterocycles. The van der Waals surface area contributed by atoms with E-state index >= 15 is 0 Å². The van der Waals surface area contributed by atoms with Gasteiger partial charge in [-0.2, -0.15) is 10.6 Å². The maximum absolute atomic E-state index is 13.1. The van der Waals surface area contributed by atoms with Gasteiger partial charge in [0.2, 0.25) is 0 Å². The largest absolute Gasteiger partial charge is 0.492 e. The summed E-state index contributed by atoms with van der Waals surface area (Å²) >= 11 is 0. The van der Waals surface area contributed by atoms with E-state index in [1.54, 1.807) is 36.4 Å². The maximum atomic E-state index is 13.1. The van der Waals surface area contributed by atoms with E-state index in [4.69, 9.17) is 4.74 Å². The van der Waals surface area contributed by atoms with Crippen molar-refractivity contribution in [1.82, 2.24) is 4.90 Å². The predicted molar refractivity (Wildman–Crippen MR) is 110 cm³/mol. The van der Waals surface area contributed by atoms with Crippen LogP contribution in [0.15, 0.2) is 58.3 Å². The summed E-state index contributed by atoms with van der Waals surface area (Å²) in [6.45, 7) is 3.67. The second-order valence-electron chi connectivity index (χ2n) is 7.27. The van der Waals surface area contributed by atoms with Crippen LogP contribution in [-0.2, 0) is 9.84 Å². The van der Waals surface area contributed by atoms with Gasteiger partial charge in [0.15, 0.2) is 9.84 Å². The van der Waals surface area contributed by atoms with Crippen LogP contribution >= 0.6 is 10.6 Å². The molecule has 1 fully saturated rings. The Kier molecular flexibility index (Phi) is 5.41. The zero-order chi connectivity index (χ0) is 19.8. The fourth-order valence-electron chi connectivity index (χ4n) is 3.88. The fourth-order valence-corrected chi connectivity index (χ4v) is 8.29. The van der Waals surface area contributed by atoms with Crippen molar-refractivity contribution < 1.29 is 22.3 Å². The third kappa shape index (κ3) is 3.79. The first-order valence-electron chi connectivity index (χ1n) is 9.42. The summed E-state index contributed by atoms with van der Waals surface area (Å²) in [6, 6.07) is 13.1. The summed E-state index contributed by atoms with van der Waals surface area (Å²) in [5.74, 6) is 0.442. The van der Waals surface area contributed by atoms with Crippen LogP contribution in [0.25, 0.3) is 0 Å². The van der Waals surface area contributed by atoms with E-state index in [2.05, 4.69) is 4.90 Å². The minimum Gasteiger partial charge on any atom is -0.492 e. The lowest BCUT2D eigenvalue weighted by Crippen LogP contribution is -2.25. The van der Waals surface area contributed by atoms with Crippen LogP contribution in [0.2, 0.25) is 0 Å². The highest BCUT2D eigenvalue weighted by atomic mass is 32.3. The molecule has 0 bridgehead atoms. The summed E-state index contributed by atoms with van der Waals surface area (Å²) in [7, 11) is -6.82. The number of hydrogen-bond donors (Lipinski definition) is 2. The number of rotatable bonds is 6. The average molecular weight is 424 g/mol. The molecule has 1 saturated heterocycles. The smallest absolute Gasteiger partial charge is 0.187 e. The minimum atomic E-state index is -3.74. The second-order valence-corrected chi connectivity index (χ2v) is 11.5. The van der Waals surface area contributed by atoms with Gasteiger partial charge >= 0.3 is 0 Å². The SMILES string of the molecule is O=S(=O)(c1ccc(OCCN2CCCC2)cc1)C1CS(O)(O)c2ccccc21. The number of sulfone groups is 1. The standard InChI is InChI=1S/C20H25NO5S2/c22-27(23)15-20(18-5-1-2-6-19(18)27)28(24,25)17-9-7-16(8-10-17)26-14-13-21-11-3-4-12-21/h1-2,5-10,20,22-23H,3-4,11-15H2. The van der Waals surface area contributed by atoms with Gasteiger partial charge in [0, 0.05) is 6.54 Å². The molecule has 0 aliphatic carbocycles. The molecular formula is C20H25NO5S2. The van der Waals surface area contributed by atoms with Crippen LogP contribution in [-0.4, -0.2) is 54.4 Å². The zero-order valence-corrected chi connectivity index (χ0v) is 17.2. The van der Waals surface area contributed by atoms with Crippen molar-refractivity contribution in [1.29, 1.82) is 0 Å². The monoisotopic (exact) mass is 423 g/mol. The van der Waals surface area contributed by atoms with Gasteiger partial charge in [-0.15, -0.1) is 0 Å². The van der Waals surface area contributed by atoms with E-state index in [-0.39, 0.29) is 10.6 Å². The molecule has 1 atom stereocenters. The Morgan fingerprint density at radius 3 is 2.43 bits per heavy atom. The summed E-state index contributed by atoms with van der Waals surface area (Å²) in [5, 5.41) is -0.948. The lowest BCUT2D eigenvalue weighted by molar-refractivity contribution is 0.237. The number of nitrogens with zero attached hydrogens (tertiary/aromatic N) is 1. The molecule has 0 saturated carbocycles. The molecule has 2 aromatic rings. The fraction of sp³-hybridized carbons (Fsp3) is 0.400. The van der Waals surface area contributed by atoms with Crippen LogP contribution in [0, 0.1) is 0 Å². The van der Waals surface area contributed by atoms with Gasteiger partial charge in [-0.25, -0.2) is 8.42 Å². The molecule has 0 aromatic heterocycles. The summed E-state index contributed by atoms with van der Waals surface area (Å²) in [5.41, 5.74) is 0.480. The normalized spacial score (nSPS) is 22.7. The average Bonchev–Trinajstić information content (AvgIpc) is 3.29. The highest BCUT2D eigenvalue weighted by Crippen LogP contribution is 2.61. The molecule has 2 N–H and O–H groups in total. The molecule has 8 heteroatoms. The zero-order valence-electron chi connectivity index (χ0n) is 15.5. The van der Waals surface area contributed by atoms with Gasteiger partial charge in [0.25, 0.3) is 0 Å².